The number of alkyl halides is 3. The van der Waals surface area contributed by atoms with Crippen molar-refractivity contribution in [1.82, 2.24) is 9.80 Å². The molecule has 126 valence electrons. The molecule has 1 saturated heterocycles. The summed E-state index contributed by atoms with van der Waals surface area (Å²) in [6, 6.07) is -1.77. The summed E-state index contributed by atoms with van der Waals surface area (Å²) in [6.07, 6.45) is -6.00. The van der Waals surface area contributed by atoms with Crippen LogP contribution in [-0.2, 0) is 14.3 Å². The predicted octanol–water partition coefficient (Wildman–Crippen LogP) is 1.08. The van der Waals surface area contributed by atoms with Crippen molar-refractivity contribution in [3.63, 3.8) is 0 Å². The van der Waals surface area contributed by atoms with E-state index >= 15 is 0 Å². The summed E-state index contributed by atoms with van der Waals surface area (Å²) in [7, 11) is 0. The van der Waals surface area contributed by atoms with Gasteiger partial charge in [-0.25, -0.2) is 9.59 Å². The molecule has 1 rings (SSSR count). The largest absolute Gasteiger partial charge is 0.480 e. The number of aliphatic carboxylic acids is 1. The molecule has 0 aromatic rings. The molecule has 0 bridgehead atoms. The van der Waals surface area contributed by atoms with E-state index in [9.17, 15) is 27.6 Å². The van der Waals surface area contributed by atoms with Crippen LogP contribution in [0.25, 0.3) is 0 Å². The van der Waals surface area contributed by atoms with Gasteiger partial charge in [-0.1, -0.05) is 0 Å². The average Bonchev–Trinajstić information content (AvgIpc) is 2.33. The zero-order chi connectivity index (χ0) is 17.3. The first kappa shape index (κ1) is 18.1. The van der Waals surface area contributed by atoms with Crippen LogP contribution in [0.1, 0.15) is 20.8 Å². The van der Waals surface area contributed by atoms with E-state index < -0.39 is 48.9 Å². The van der Waals surface area contributed by atoms with E-state index in [2.05, 4.69) is 0 Å². The lowest BCUT2D eigenvalue weighted by Crippen LogP contribution is -2.61. The molecule has 7 nitrogen and oxygen atoms in total. The lowest BCUT2D eigenvalue weighted by atomic mass is 10.1. The van der Waals surface area contributed by atoms with E-state index in [4.69, 9.17) is 9.84 Å². The number of rotatable bonds is 1. The van der Waals surface area contributed by atoms with Crippen molar-refractivity contribution in [2.45, 2.75) is 38.6 Å². The molecular weight excluding hydrogens is 309 g/mol. The molecule has 0 unspecified atom stereocenters. The van der Waals surface area contributed by atoms with Gasteiger partial charge in [0.05, 0.1) is 6.54 Å². The third-order valence-electron chi connectivity index (χ3n) is 2.82. The summed E-state index contributed by atoms with van der Waals surface area (Å²) < 4.78 is 42.4. The molecule has 10 heteroatoms. The Labute approximate surface area is 124 Å². The SMILES string of the molecule is CC(C)(C)OC(=O)N1CCN(C(=O)C(F)(F)F)[C@@H](C(=O)O)C1. The summed E-state index contributed by atoms with van der Waals surface area (Å²) in [6.45, 7) is 3.47. The van der Waals surface area contributed by atoms with E-state index in [0.29, 0.717) is 0 Å². The lowest BCUT2D eigenvalue weighted by molar-refractivity contribution is -0.192. The molecule has 1 aliphatic heterocycles. The number of carboxylic acid groups (broad SMARTS) is 1. The number of nitrogens with zero attached hydrogens (tertiary/aromatic N) is 2. The fraction of sp³-hybridized carbons (Fsp3) is 0.750. The van der Waals surface area contributed by atoms with Gasteiger partial charge in [-0.3, -0.25) is 4.79 Å². The molecule has 1 fully saturated rings. The van der Waals surface area contributed by atoms with Gasteiger partial charge in [-0.05, 0) is 20.8 Å². The van der Waals surface area contributed by atoms with Crippen molar-refractivity contribution in [1.29, 1.82) is 0 Å². The number of hydrogen-bond acceptors (Lipinski definition) is 4. The van der Waals surface area contributed by atoms with Crippen LogP contribution in [0.5, 0.6) is 0 Å². The molecule has 1 heterocycles. The van der Waals surface area contributed by atoms with Gasteiger partial charge < -0.3 is 19.6 Å². The second-order valence-corrected chi connectivity index (χ2v) is 5.78. The number of carboxylic acids is 1. The van der Waals surface area contributed by atoms with Crippen molar-refractivity contribution < 1.29 is 37.4 Å². The zero-order valence-corrected chi connectivity index (χ0v) is 12.3. The minimum absolute atomic E-state index is 0.212. The van der Waals surface area contributed by atoms with E-state index in [0.717, 1.165) is 4.90 Å². The van der Waals surface area contributed by atoms with Crippen molar-refractivity contribution in [3.05, 3.63) is 0 Å². The van der Waals surface area contributed by atoms with E-state index in [1.54, 1.807) is 20.8 Å². The Morgan fingerprint density at radius 1 is 1.14 bits per heavy atom. The number of halogens is 3. The third-order valence-corrected chi connectivity index (χ3v) is 2.82. The highest BCUT2D eigenvalue weighted by Gasteiger charge is 2.48. The van der Waals surface area contributed by atoms with Gasteiger partial charge in [0, 0.05) is 13.1 Å². The number of carbonyl (C=O) groups is 3. The Balaban J connectivity index is 2.86. The van der Waals surface area contributed by atoms with Crippen LogP contribution in [0.2, 0.25) is 0 Å². The fourth-order valence-electron chi connectivity index (χ4n) is 1.89. The van der Waals surface area contributed by atoms with Crippen LogP contribution >= 0.6 is 0 Å². The number of hydrogen-bond donors (Lipinski definition) is 1. The minimum atomic E-state index is -5.16. The van der Waals surface area contributed by atoms with Crippen molar-refractivity contribution >= 4 is 18.0 Å². The second-order valence-electron chi connectivity index (χ2n) is 5.78. The molecule has 0 aromatic heterocycles. The van der Waals surface area contributed by atoms with Crippen molar-refractivity contribution in [2.75, 3.05) is 19.6 Å². The highest BCUT2D eigenvalue weighted by molar-refractivity contribution is 5.88. The molecule has 0 aromatic carbocycles. The Hall–Kier alpha value is -2.00. The monoisotopic (exact) mass is 326 g/mol. The first-order valence-corrected chi connectivity index (χ1v) is 6.41. The lowest BCUT2D eigenvalue weighted by Gasteiger charge is -2.39. The van der Waals surface area contributed by atoms with Gasteiger partial charge in [0.25, 0.3) is 0 Å². The van der Waals surface area contributed by atoms with Crippen LogP contribution < -0.4 is 0 Å². The number of piperazine rings is 1. The predicted molar refractivity (Wildman–Crippen MR) is 67.0 cm³/mol. The summed E-state index contributed by atoms with van der Waals surface area (Å²) in [5.74, 6) is -3.85. The van der Waals surface area contributed by atoms with Crippen LogP contribution in [0.15, 0.2) is 0 Å². The highest BCUT2D eigenvalue weighted by atomic mass is 19.4. The number of carbonyl (C=O) groups excluding carboxylic acids is 2. The van der Waals surface area contributed by atoms with Crippen molar-refractivity contribution in [3.8, 4) is 0 Å². The zero-order valence-electron chi connectivity index (χ0n) is 12.3. The number of amides is 2. The van der Waals surface area contributed by atoms with E-state index in [1.165, 1.54) is 0 Å². The Morgan fingerprint density at radius 2 is 1.68 bits per heavy atom. The van der Waals surface area contributed by atoms with Crippen LogP contribution in [0.3, 0.4) is 0 Å². The van der Waals surface area contributed by atoms with Gasteiger partial charge in [-0.15, -0.1) is 0 Å². The highest BCUT2D eigenvalue weighted by Crippen LogP contribution is 2.23. The smallest absolute Gasteiger partial charge is 0.471 e. The molecule has 0 aliphatic carbocycles. The molecule has 2 amide bonds. The molecule has 0 spiro atoms. The quantitative estimate of drug-likeness (QED) is 0.779. The molecule has 22 heavy (non-hydrogen) atoms. The standard InChI is InChI=1S/C12H17F3N2O5/c1-11(2,3)22-10(21)16-4-5-17(7(6-16)8(18)19)9(20)12(13,14)15/h7H,4-6H2,1-3H3,(H,18,19)/t7-/m1/s1. The van der Waals surface area contributed by atoms with Gasteiger partial charge in [0.15, 0.2) is 0 Å². The molecule has 1 atom stereocenters. The summed E-state index contributed by atoms with van der Waals surface area (Å²) in [5.41, 5.74) is -0.825. The van der Waals surface area contributed by atoms with E-state index in [1.807, 2.05) is 0 Å². The van der Waals surface area contributed by atoms with Crippen molar-refractivity contribution in [2.24, 2.45) is 0 Å². The Morgan fingerprint density at radius 3 is 2.09 bits per heavy atom. The van der Waals surface area contributed by atoms with Crippen LogP contribution in [0.4, 0.5) is 18.0 Å². The first-order valence-electron chi connectivity index (χ1n) is 6.41. The summed E-state index contributed by atoms with van der Waals surface area (Å²) in [4.78, 5) is 35.4. The van der Waals surface area contributed by atoms with Gasteiger partial charge in [0.1, 0.15) is 11.6 Å². The van der Waals surface area contributed by atoms with Crippen LogP contribution in [0, 0.1) is 0 Å². The first-order chi connectivity index (χ1) is 9.83. The molecule has 1 N–H and O–H groups in total. The maximum absolute atomic E-state index is 12.5. The van der Waals surface area contributed by atoms with Gasteiger partial charge in [-0.2, -0.15) is 13.2 Å². The maximum Gasteiger partial charge on any atom is 0.471 e. The van der Waals surface area contributed by atoms with E-state index in [-0.39, 0.29) is 11.4 Å². The minimum Gasteiger partial charge on any atom is -0.480 e. The molecule has 0 radical (unpaired) electrons. The summed E-state index contributed by atoms with van der Waals surface area (Å²) >= 11 is 0. The molecule has 0 saturated carbocycles. The normalized spacial score (nSPS) is 19.8. The van der Waals surface area contributed by atoms with Gasteiger partial charge >= 0.3 is 24.1 Å². The van der Waals surface area contributed by atoms with Crippen LogP contribution in [-0.4, -0.2) is 70.3 Å². The second kappa shape index (κ2) is 6.01. The number of ether oxygens (including phenoxy) is 1. The third kappa shape index (κ3) is 4.50. The Bertz CT molecular complexity index is 472. The fourth-order valence-corrected chi connectivity index (χ4v) is 1.89. The summed E-state index contributed by atoms with van der Waals surface area (Å²) in [5, 5.41) is 9.02. The van der Waals surface area contributed by atoms with Gasteiger partial charge in [0.2, 0.25) is 0 Å². The molecular formula is C12H17F3N2O5. The average molecular weight is 326 g/mol. The Kier molecular flexibility index (Phi) is 4.93. The maximum atomic E-state index is 12.5. The molecule has 1 aliphatic rings. The topological polar surface area (TPSA) is 87.2 Å².